The van der Waals surface area contributed by atoms with E-state index < -0.39 is 4.92 Å². The highest BCUT2D eigenvalue weighted by Gasteiger charge is 2.10. The summed E-state index contributed by atoms with van der Waals surface area (Å²) < 4.78 is 0. The van der Waals surface area contributed by atoms with E-state index in [4.69, 9.17) is 0 Å². The number of non-ortho nitro benzene ring substituents is 1. The number of nitro groups is 1. The number of hydrogen-bond acceptors (Lipinski definition) is 4. The summed E-state index contributed by atoms with van der Waals surface area (Å²) >= 11 is 1.66. The number of rotatable bonds is 4. The second-order valence-electron chi connectivity index (χ2n) is 4.43. The first-order valence-corrected chi connectivity index (χ1v) is 6.93. The fourth-order valence-electron chi connectivity index (χ4n) is 1.75. The van der Waals surface area contributed by atoms with Crippen LogP contribution in [0.25, 0.3) is 0 Å². The molecule has 1 N–H and O–H groups in total. The quantitative estimate of drug-likeness (QED) is 0.694. The summed E-state index contributed by atoms with van der Waals surface area (Å²) in [6.07, 6.45) is 0. The predicted octanol–water partition coefficient (Wildman–Crippen LogP) is 3.20. The Morgan fingerprint density at radius 2 is 1.95 bits per heavy atom. The molecule has 0 saturated carbocycles. The van der Waals surface area contributed by atoms with Crippen LogP contribution in [-0.2, 0) is 6.54 Å². The van der Waals surface area contributed by atoms with Crippen LogP contribution >= 0.6 is 11.3 Å². The van der Waals surface area contributed by atoms with Crippen LogP contribution in [-0.4, -0.2) is 10.8 Å². The van der Waals surface area contributed by atoms with Crippen LogP contribution in [0, 0.1) is 24.0 Å². The minimum absolute atomic E-state index is 0.0224. The number of nitrogens with zero attached hydrogens (tertiary/aromatic N) is 1. The van der Waals surface area contributed by atoms with E-state index in [0.717, 1.165) is 5.56 Å². The van der Waals surface area contributed by atoms with E-state index in [2.05, 4.69) is 5.32 Å². The van der Waals surface area contributed by atoms with Gasteiger partial charge in [-0.1, -0.05) is 0 Å². The van der Waals surface area contributed by atoms with Gasteiger partial charge in [-0.2, -0.15) is 0 Å². The van der Waals surface area contributed by atoms with Gasteiger partial charge in [-0.15, -0.1) is 11.3 Å². The maximum atomic E-state index is 11.9. The molecule has 0 radical (unpaired) electrons. The van der Waals surface area contributed by atoms with E-state index in [0.29, 0.717) is 12.1 Å². The number of nitro benzene ring substituents is 1. The molecule has 0 unspecified atom stereocenters. The Bertz CT molecular complexity index is 647. The van der Waals surface area contributed by atoms with Crippen LogP contribution in [0.3, 0.4) is 0 Å². The summed E-state index contributed by atoms with van der Waals surface area (Å²) in [5, 5.41) is 15.4. The van der Waals surface area contributed by atoms with Gasteiger partial charge in [-0.05, 0) is 42.5 Å². The molecule has 0 atom stereocenters. The summed E-state index contributed by atoms with van der Waals surface area (Å²) in [7, 11) is 0. The van der Waals surface area contributed by atoms with Gasteiger partial charge in [0.2, 0.25) is 0 Å². The summed E-state index contributed by atoms with van der Waals surface area (Å²) in [4.78, 5) is 23.2. The average Bonchev–Trinajstić information content (AvgIpc) is 2.76. The monoisotopic (exact) mass is 290 g/mol. The molecule has 1 amide bonds. The Labute approximate surface area is 120 Å². The fourth-order valence-corrected chi connectivity index (χ4v) is 2.64. The summed E-state index contributed by atoms with van der Waals surface area (Å²) in [6, 6.07) is 5.57. The van der Waals surface area contributed by atoms with Crippen LogP contribution in [0.4, 0.5) is 5.69 Å². The molecule has 1 aromatic heterocycles. The smallest absolute Gasteiger partial charge is 0.269 e. The zero-order valence-corrected chi connectivity index (χ0v) is 12.0. The number of carbonyl (C=O) groups is 1. The highest BCUT2D eigenvalue weighted by atomic mass is 32.1. The second kappa shape index (κ2) is 5.83. The summed E-state index contributed by atoms with van der Waals surface area (Å²) in [5.74, 6) is -0.233. The van der Waals surface area contributed by atoms with Crippen molar-refractivity contribution >= 4 is 22.9 Å². The standard InChI is InChI=1S/C14H14N2O3S/c1-9-10(2)20-8-12(9)7-15-14(17)11-3-5-13(6-4-11)16(18)19/h3-6,8H,7H2,1-2H3,(H,15,17). The van der Waals surface area contributed by atoms with Gasteiger partial charge in [-0.3, -0.25) is 14.9 Å². The van der Waals surface area contributed by atoms with Crippen molar-refractivity contribution in [3.63, 3.8) is 0 Å². The molecule has 2 rings (SSSR count). The van der Waals surface area contributed by atoms with E-state index >= 15 is 0 Å². The molecule has 1 aromatic carbocycles. The maximum absolute atomic E-state index is 11.9. The molecule has 0 aliphatic heterocycles. The molecule has 0 aliphatic carbocycles. The van der Waals surface area contributed by atoms with E-state index in [1.54, 1.807) is 11.3 Å². The lowest BCUT2D eigenvalue weighted by atomic mass is 10.1. The molecule has 2 aromatic rings. The van der Waals surface area contributed by atoms with Gasteiger partial charge in [-0.25, -0.2) is 0 Å². The van der Waals surface area contributed by atoms with Crippen LogP contribution < -0.4 is 5.32 Å². The van der Waals surface area contributed by atoms with Gasteiger partial charge < -0.3 is 5.32 Å². The van der Waals surface area contributed by atoms with Crippen molar-refractivity contribution in [2.75, 3.05) is 0 Å². The second-order valence-corrected chi connectivity index (χ2v) is 5.51. The van der Waals surface area contributed by atoms with Crippen LogP contribution in [0.5, 0.6) is 0 Å². The molecule has 0 fully saturated rings. The number of hydrogen-bond donors (Lipinski definition) is 1. The van der Waals surface area contributed by atoms with Crippen molar-refractivity contribution in [3.8, 4) is 0 Å². The predicted molar refractivity (Wildman–Crippen MR) is 78.1 cm³/mol. The van der Waals surface area contributed by atoms with Crippen LogP contribution in [0.1, 0.15) is 26.4 Å². The van der Waals surface area contributed by atoms with Crippen molar-refractivity contribution in [3.05, 3.63) is 61.3 Å². The van der Waals surface area contributed by atoms with Crippen molar-refractivity contribution in [2.45, 2.75) is 20.4 Å². The van der Waals surface area contributed by atoms with Gasteiger partial charge in [0.1, 0.15) is 0 Å². The third-order valence-corrected chi connectivity index (χ3v) is 4.23. The van der Waals surface area contributed by atoms with E-state index in [-0.39, 0.29) is 11.6 Å². The topological polar surface area (TPSA) is 72.2 Å². The number of nitrogens with one attached hydrogen (secondary N) is 1. The minimum atomic E-state index is -0.487. The number of benzene rings is 1. The highest BCUT2D eigenvalue weighted by Crippen LogP contribution is 2.20. The molecule has 104 valence electrons. The molecule has 5 nitrogen and oxygen atoms in total. The van der Waals surface area contributed by atoms with Crippen molar-refractivity contribution in [1.29, 1.82) is 0 Å². The first-order chi connectivity index (χ1) is 9.49. The lowest BCUT2D eigenvalue weighted by molar-refractivity contribution is -0.384. The van der Waals surface area contributed by atoms with Crippen molar-refractivity contribution < 1.29 is 9.72 Å². The first-order valence-electron chi connectivity index (χ1n) is 6.05. The normalized spacial score (nSPS) is 10.3. The van der Waals surface area contributed by atoms with E-state index in [1.807, 2.05) is 19.2 Å². The van der Waals surface area contributed by atoms with Gasteiger partial charge in [0, 0.05) is 29.1 Å². The van der Waals surface area contributed by atoms with Gasteiger partial charge >= 0.3 is 0 Å². The molecule has 0 aliphatic rings. The number of aryl methyl sites for hydroxylation is 1. The molecule has 0 spiro atoms. The van der Waals surface area contributed by atoms with Gasteiger partial charge in [0.05, 0.1) is 4.92 Å². The third-order valence-electron chi connectivity index (χ3n) is 3.17. The van der Waals surface area contributed by atoms with Crippen molar-refractivity contribution in [2.24, 2.45) is 0 Å². The third kappa shape index (κ3) is 3.03. The maximum Gasteiger partial charge on any atom is 0.269 e. The van der Waals surface area contributed by atoms with Gasteiger partial charge in [0.15, 0.2) is 0 Å². The van der Waals surface area contributed by atoms with E-state index in [1.165, 1.54) is 34.7 Å². The summed E-state index contributed by atoms with van der Waals surface area (Å²) in [6.45, 7) is 4.53. The Balaban J connectivity index is 2.01. The van der Waals surface area contributed by atoms with E-state index in [9.17, 15) is 14.9 Å². The largest absolute Gasteiger partial charge is 0.348 e. The Morgan fingerprint density at radius 1 is 1.30 bits per heavy atom. The molecular weight excluding hydrogens is 276 g/mol. The van der Waals surface area contributed by atoms with Crippen LogP contribution in [0.15, 0.2) is 29.6 Å². The SMILES string of the molecule is Cc1scc(CNC(=O)c2ccc([N+](=O)[O-])cc2)c1C. The Morgan fingerprint density at radius 3 is 2.45 bits per heavy atom. The Hall–Kier alpha value is -2.21. The van der Waals surface area contributed by atoms with Crippen molar-refractivity contribution in [1.82, 2.24) is 5.32 Å². The molecule has 0 saturated heterocycles. The lowest BCUT2D eigenvalue weighted by Gasteiger charge is -2.05. The molecule has 1 heterocycles. The number of amides is 1. The molecule has 20 heavy (non-hydrogen) atoms. The van der Waals surface area contributed by atoms with Gasteiger partial charge in [0.25, 0.3) is 11.6 Å². The summed E-state index contributed by atoms with van der Waals surface area (Å²) in [5.41, 5.74) is 2.69. The number of thiophene rings is 1. The van der Waals surface area contributed by atoms with Crippen LogP contribution in [0.2, 0.25) is 0 Å². The molecule has 0 bridgehead atoms. The average molecular weight is 290 g/mol. The zero-order valence-electron chi connectivity index (χ0n) is 11.2. The Kier molecular flexibility index (Phi) is 4.14. The minimum Gasteiger partial charge on any atom is -0.348 e. The first kappa shape index (κ1) is 14.2. The highest BCUT2D eigenvalue weighted by molar-refractivity contribution is 7.10. The molecular formula is C14H14N2O3S. The number of carbonyl (C=O) groups excluding carboxylic acids is 1. The molecule has 6 heteroatoms. The zero-order chi connectivity index (χ0) is 14.7. The fraction of sp³-hybridized carbons (Fsp3) is 0.214. The lowest BCUT2D eigenvalue weighted by Crippen LogP contribution is -2.22.